The van der Waals surface area contributed by atoms with Gasteiger partial charge in [-0.1, -0.05) is 13.8 Å². The Morgan fingerprint density at radius 1 is 1.64 bits per heavy atom. The molecular weight excluding hydrogens is 253 g/mol. The fourth-order valence-electron chi connectivity index (χ4n) is 0.708. The molecule has 0 atom stereocenters. The number of unbranched alkanes of at least 4 members (excludes halogenated alkanes) is 1. The zero-order valence-corrected chi connectivity index (χ0v) is 9.01. The van der Waals surface area contributed by atoms with Crippen LogP contribution in [0.25, 0.3) is 0 Å². The molecule has 0 rings (SSSR count). The molecule has 0 aromatic rings. The molecule has 2 nitrogen and oxygen atoms in total. The van der Waals surface area contributed by atoms with Crippen LogP contribution in [-0.2, 0) is 4.79 Å². The lowest BCUT2D eigenvalue weighted by Crippen LogP contribution is -2.18. The standard InChI is InChI=1S/C8H12INO/c1-8(2,7(9)11)5-3-4-6-10/h3-5H2,1-2H3. The van der Waals surface area contributed by atoms with Crippen molar-refractivity contribution in [2.24, 2.45) is 5.41 Å². The van der Waals surface area contributed by atoms with Crippen LogP contribution in [0, 0.1) is 16.7 Å². The molecule has 0 radical (unpaired) electrons. The van der Waals surface area contributed by atoms with Gasteiger partial charge >= 0.3 is 0 Å². The van der Waals surface area contributed by atoms with Crippen LogP contribution in [0.1, 0.15) is 33.1 Å². The summed E-state index contributed by atoms with van der Waals surface area (Å²) in [6.45, 7) is 3.83. The van der Waals surface area contributed by atoms with Crippen molar-refractivity contribution in [3.05, 3.63) is 0 Å². The van der Waals surface area contributed by atoms with Crippen molar-refractivity contribution in [2.75, 3.05) is 0 Å². The van der Waals surface area contributed by atoms with Gasteiger partial charge in [0.2, 0.25) is 0 Å². The lowest BCUT2D eigenvalue weighted by molar-refractivity contribution is -0.116. The third kappa shape index (κ3) is 4.35. The van der Waals surface area contributed by atoms with Crippen LogP contribution in [-0.4, -0.2) is 3.79 Å². The quantitative estimate of drug-likeness (QED) is 0.445. The first-order valence-corrected chi connectivity index (χ1v) is 4.65. The van der Waals surface area contributed by atoms with E-state index in [0.29, 0.717) is 6.42 Å². The highest BCUT2D eigenvalue weighted by Gasteiger charge is 2.23. The molecule has 0 fully saturated rings. The van der Waals surface area contributed by atoms with E-state index in [-0.39, 0.29) is 9.20 Å². The molecule has 0 aliphatic rings. The van der Waals surface area contributed by atoms with Gasteiger partial charge in [0.1, 0.15) is 0 Å². The second-order valence-corrected chi connectivity index (χ2v) is 4.15. The molecule has 0 aromatic heterocycles. The first kappa shape index (κ1) is 10.9. The van der Waals surface area contributed by atoms with Crippen LogP contribution in [0.4, 0.5) is 0 Å². The SMILES string of the molecule is CC(C)(CCCC#N)C(=O)I. The summed E-state index contributed by atoms with van der Waals surface area (Å²) < 4.78 is 0.174. The molecular formula is C8H12INO. The van der Waals surface area contributed by atoms with E-state index >= 15 is 0 Å². The summed E-state index contributed by atoms with van der Waals surface area (Å²) in [6, 6.07) is 2.07. The summed E-state index contributed by atoms with van der Waals surface area (Å²) in [5.41, 5.74) is -0.253. The van der Waals surface area contributed by atoms with Gasteiger partial charge in [-0.2, -0.15) is 5.26 Å². The van der Waals surface area contributed by atoms with Gasteiger partial charge in [-0.15, -0.1) is 0 Å². The molecule has 0 unspecified atom stereocenters. The van der Waals surface area contributed by atoms with Crippen LogP contribution in [0.15, 0.2) is 0 Å². The van der Waals surface area contributed by atoms with Gasteiger partial charge < -0.3 is 0 Å². The molecule has 0 aromatic carbocycles. The van der Waals surface area contributed by atoms with Crippen molar-refractivity contribution < 1.29 is 4.79 Å². The Kier molecular flexibility index (Phi) is 4.66. The van der Waals surface area contributed by atoms with E-state index < -0.39 is 0 Å². The maximum atomic E-state index is 11.0. The smallest absolute Gasteiger partial charge is 0.197 e. The second-order valence-electron chi connectivity index (χ2n) is 3.17. The van der Waals surface area contributed by atoms with E-state index in [9.17, 15) is 4.79 Å². The summed E-state index contributed by atoms with van der Waals surface area (Å²) >= 11 is 1.82. The Balaban J connectivity index is 3.75. The number of nitrogens with zero attached hydrogens (tertiary/aromatic N) is 1. The number of hydrogen-bond donors (Lipinski definition) is 0. The maximum absolute atomic E-state index is 11.0. The molecule has 0 bridgehead atoms. The van der Waals surface area contributed by atoms with Gasteiger partial charge in [0.05, 0.1) is 6.07 Å². The Morgan fingerprint density at radius 3 is 2.55 bits per heavy atom. The molecule has 3 heteroatoms. The summed E-state index contributed by atoms with van der Waals surface area (Å²) in [6.07, 6.45) is 2.17. The van der Waals surface area contributed by atoms with E-state index in [0.717, 1.165) is 12.8 Å². The van der Waals surface area contributed by atoms with E-state index in [1.165, 1.54) is 0 Å². The zero-order chi connectivity index (χ0) is 8.91. The number of halogens is 1. The molecule has 0 saturated carbocycles. The Morgan fingerprint density at radius 2 is 2.18 bits per heavy atom. The summed E-state index contributed by atoms with van der Waals surface area (Å²) in [4.78, 5) is 11.0. The topological polar surface area (TPSA) is 40.9 Å². The van der Waals surface area contributed by atoms with Gasteiger partial charge in [0.25, 0.3) is 0 Å². The molecule has 0 saturated heterocycles. The minimum Gasteiger partial charge on any atom is -0.287 e. The third-order valence-electron chi connectivity index (χ3n) is 1.62. The molecule has 62 valence electrons. The van der Waals surface area contributed by atoms with E-state index in [1.54, 1.807) is 0 Å². The van der Waals surface area contributed by atoms with Crippen LogP contribution in [0.5, 0.6) is 0 Å². The van der Waals surface area contributed by atoms with E-state index in [4.69, 9.17) is 5.26 Å². The molecule has 0 N–H and O–H groups in total. The predicted octanol–water partition coefficient (Wildman–Crippen LogP) is 2.67. The molecule has 0 spiro atoms. The highest BCUT2D eigenvalue weighted by atomic mass is 127. The maximum Gasteiger partial charge on any atom is 0.197 e. The van der Waals surface area contributed by atoms with E-state index in [2.05, 4.69) is 6.07 Å². The molecule has 0 amide bonds. The highest BCUT2D eigenvalue weighted by molar-refractivity contribution is 14.1. The lowest BCUT2D eigenvalue weighted by Gasteiger charge is -2.18. The summed E-state index contributed by atoms with van der Waals surface area (Å²) in [5, 5.41) is 8.26. The van der Waals surface area contributed by atoms with Crippen molar-refractivity contribution in [1.29, 1.82) is 5.26 Å². The Hall–Kier alpha value is -0.110. The average Bonchev–Trinajstić information content (AvgIpc) is 1.88. The highest BCUT2D eigenvalue weighted by Crippen LogP contribution is 2.26. The number of carbonyl (C=O) groups excluding carboxylic acids is 1. The first-order valence-electron chi connectivity index (χ1n) is 3.57. The predicted molar refractivity (Wildman–Crippen MR) is 52.3 cm³/mol. The Labute approximate surface area is 81.1 Å². The Bertz CT molecular complexity index is 181. The lowest BCUT2D eigenvalue weighted by atomic mass is 9.89. The zero-order valence-electron chi connectivity index (χ0n) is 6.85. The van der Waals surface area contributed by atoms with Crippen molar-refractivity contribution in [3.8, 4) is 6.07 Å². The number of hydrogen-bond acceptors (Lipinski definition) is 2. The fourth-order valence-corrected chi connectivity index (χ4v) is 0.977. The molecule has 0 aliphatic heterocycles. The van der Waals surface area contributed by atoms with Gasteiger partial charge in [0, 0.05) is 34.4 Å². The van der Waals surface area contributed by atoms with Gasteiger partial charge in [0.15, 0.2) is 3.79 Å². The van der Waals surface area contributed by atoms with Crippen molar-refractivity contribution >= 4 is 26.4 Å². The van der Waals surface area contributed by atoms with Crippen LogP contribution < -0.4 is 0 Å². The van der Waals surface area contributed by atoms with Gasteiger partial charge in [-0.3, -0.25) is 4.79 Å². The monoisotopic (exact) mass is 265 g/mol. The van der Waals surface area contributed by atoms with Crippen LogP contribution >= 0.6 is 22.6 Å². The largest absolute Gasteiger partial charge is 0.287 e. The number of carbonyl (C=O) groups is 1. The van der Waals surface area contributed by atoms with Crippen LogP contribution in [0.2, 0.25) is 0 Å². The first-order chi connectivity index (χ1) is 5.00. The average molecular weight is 265 g/mol. The summed E-state index contributed by atoms with van der Waals surface area (Å²) in [7, 11) is 0. The minimum absolute atomic E-state index is 0.174. The van der Waals surface area contributed by atoms with Gasteiger partial charge in [-0.05, 0) is 12.8 Å². The van der Waals surface area contributed by atoms with Crippen molar-refractivity contribution in [1.82, 2.24) is 0 Å². The minimum atomic E-state index is -0.253. The molecule has 11 heavy (non-hydrogen) atoms. The second kappa shape index (κ2) is 4.70. The van der Waals surface area contributed by atoms with Crippen LogP contribution in [0.3, 0.4) is 0 Å². The third-order valence-corrected chi connectivity index (χ3v) is 3.08. The summed E-state index contributed by atoms with van der Waals surface area (Å²) in [5.74, 6) is 0. The van der Waals surface area contributed by atoms with Crippen molar-refractivity contribution in [2.45, 2.75) is 33.1 Å². The number of nitriles is 1. The van der Waals surface area contributed by atoms with Gasteiger partial charge in [-0.25, -0.2) is 0 Å². The fraction of sp³-hybridized carbons (Fsp3) is 0.750. The molecule has 0 heterocycles. The normalized spacial score (nSPS) is 10.7. The van der Waals surface area contributed by atoms with E-state index in [1.807, 2.05) is 36.4 Å². The number of rotatable bonds is 4. The molecule has 0 aliphatic carbocycles. The van der Waals surface area contributed by atoms with Crippen molar-refractivity contribution in [3.63, 3.8) is 0 Å².